The zero-order valence-corrected chi connectivity index (χ0v) is 15.8. The fourth-order valence-corrected chi connectivity index (χ4v) is 1.63. The van der Waals surface area contributed by atoms with E-state index < -0.39 is 72.6 Å². The van der Waals surface area contributed by atoms with Gasteiger partial charge in [-0.3, -0.25) is 0 Å². The fourth-order valence-electron chi connectivity index (χ4n) is 1.63. The zero-order chi connectivity index (χ0) is 18.6. The van der Waals surface area contributed by atoms with Crippen molar-refractivity contribution in [1.29, 1.82) is 0 Å². The summed E-state index contributed by atoms with van der Waals surface area (Å²) < 4.78 is 8.51. The molecule has 0 radical (unpaired) electrons. The van der Waals surface area contributed by atoms with Gasteiger partial charge in [-0.2, -0.15) is 0 Å². The average Bonchev–Trinajstić information content (AvgIpc) is 2.98. The van der Waals surface area contributed by atoms with Crippen LogP contribution in [0.4, 0.5) is 0 Å². The second-order valence-corrected chi connectivity index (χ2v) is 4.58. The van der Waals surface area contributed by atoms with Gasteiger partial charge in [0.05, 0.1) is 13.2 Å². The molecule has 2 heterocycles. The van der Waals surface area contributed by atoms with Crippen molar-refractivity contribution in [3.05, 3.63) is 23.0 Å². The third-order valence-corrected chi connectivity index (χ3v) is 2.92. The van der Waals surface area contributed by atoms with Crippen LogP contribution in [-0.4, -0.2) is 129 Å². The summed E-state index contributed by atoms with van der Waals surface area (Å²) in [5, 5.41) is 73.5. The molecule has 10 N–H and O–H groups in total. The van der Waals surface area contributed by atoms with E-state index >= 15 is 0 Å². The molecule has 2 aliphatic heterocycles. The Hall–Kier alpha value is -1.36. The van der Waals surface area contributed by atoms with Crippen LogP contribution in [0.2, 0.25) is 0 Å². The van der Waals surface area contributed by atoms with Crippen LogP contribution >= 0.6 is 0 Å². The van der Waals surface area contributed by atoms with Gasteiger partial charge < -0.3 is 61.3 Å². The van der Waals surface area contributed by atoms with Gasteiger partial charge in [0.15, 0.2) is 12.2 Å². The van der Waals surface area contributed by atoms with E-state index in [-0.39, 0.29) is 48.7 Å². The molecule has 4 atom stereocenters. The summed E-state index contributed by atoms with van der Waals surface area (Å²) in [5.74, 6) is -6.50. The Balaban J connectivity index is -0.000000384. The van der Waals surface area contributed by atoms with Crippen molar-refractivity contribution in [3.63, 3.8) is 0 Å². The van der Waals surface area contributed by atoms with Crippen molar-refractivity contribution in [3.8, 4) is 0 Å². The first-order chi connectivity index (χ1) is 11.1. The number of carbonyl (C=O) groups is 2. The average molecular weight is 426 g/mol. The predicted octanol–water partition coefficient (Wildman–Crippen LogP) is -7.24. The molecule has 0 saturated carbocycles. The number of aliphatic hydroxyl groups is 6. The van der Waals surface area contributed by atoms with Crippen molar-refractivity contribution in [2.75, 3.05) is 13.2 Å². The summed E-state index contributed by atoms with van der Waals surface area (Å²) in [5.41, 5.74) is 0. The molecule has 0 saturated heterocycles. The van der Waals surface area contributed by atoms with Crippen LogP contribution in [0.1, 0.15) is 0 Å². The molecule has 152 valence electrons. The number of esters is 2. The molecule has 0 spiro atoms. The third-order valence-electron chi connectivity index (χ3n) is 2.92. The van der Waals surface area contributed by atoms with E-state index in [2.05, 4.69) is 9.47 Å². The molecule has 4 unspecified atom stereocenters. The topological polar surface area (TPSA) is 283 Å². The fraction of sp³-hybridized carbons (Fsp3) is 0.500. The number of rotatable bonds is 4. The maximum Gasteiger partial charge on any atom is 2.00 e. The number of aliphatic hydroxyl groups excluding tert-OH is 6. The second-order valence-electron chi connectivity index (χ2n) is 4.58. The van der Waals surface area contributed by atoms with Gasteiger partial charge in [0.25, 0.3) is 0 Å². The molecule has 0 fully saturated rings. The Morgan fingerprint density at radius 1 is 0.815 bits per heavy atom. The molecule has 0 aliphatic carbocycles. The van der Waals surface area contributed by atoms with Gasteiger partial charge >= 0.3 is 49.7 Å². The van der Waals surface area contributed by atoms with E-state index in [1.54, 1.807) is 0 Å². The van der Waals surface area contributed by atoms with E-state index in [0.717, 1.165) is 0 Å². The minimum absolute atomic E-state index is 0. The summed E-state index contributed by atoms with van der Waals surface area (Å²) in [6.45, 7) is -1.40. The first-order valence-corrected chi connectivity index (χ1v) is 6.35. The molecule has 0 amide bonds. The molecule has 0 aromatic heterocycles. The number of ether oxygens (including phenoxy) is 2. The van der Waals surface area contributed by atoms with E-state index in [0.29, 0.717) is 0 Å². The number of carbonyl (C=O) groups excluding carboxylic acids is 2. The minimum atomic E-state index is -1.46. The van der Waals surface area contributed by atoms with Gasteiger partial charge in [0.1, 0.15) is 23.7 Å². The largest absolute Gasteiger partial charge is 2.00 e. The van der Waals surface area contributed by atoms with Crippen molar-refractivity contribution < 1.29 is 70.9 Å². The maximum atomic E-state index is 10.6. The van der Waals surface area contributed by atoms with Crippen molar-refractivity contribution in [2.45, 2.75) is 24.4 Å². The van der Waals surface area contributed by atoms with Gasteiger partial charge in [-0.05, 0) is 0 Å². The van der Waals surface area contributed by atoms with Crippen molar-refractivity contribution in [2.24, 2.45) is 0 Å². The predicted molar refractivity (Wildman–Crippen MR) is 78.2 cm³/mol. The summed E-state index contributed by atoms with van der Waals surface area (Å²) in [6, 6.07) is 0. The van der Waals surface area contributed by atoms with Crippen LogP contribution in [0.25, 0.3) is 0 Å². The van der Waals surface area contributed by atoms with Crippen LogP contribution in [0.3, 0.4) is 0 Å². The Labute approximate surface area is 180 Å². The number of hydrogen-bond donors (Lipinski definition) is 6. The Bertz CT molecular complexity index is 522. The molecule has 2 rings (SSSR count). The monoisotopic (exact) mass is 426 g/mol. The quantitative estimate of drug-likeness (QED) is 0.180. The van der Waals surface area contributed by atoms with Crippen molar-refractivity contribution in [1.82, 2.24) is 0 Å². The van der Waals surface area contributed by atoms with Crippen LogP contribution in [0.15, 0.2) is 23.0 Å². The Kier molecular flexibility index (Phi) is 14.5. The standard InChI is InChI=1S/2C6H8O6.Ca.2H2O/c2*7-1-2(8)5-3(9)4(10)6(11)12-5;;;/h2*2,5,7-10H,1H2;;2*1H2/q;;+2;;/p-2. The molecule has 0 aromatic rings. The molecule has 0 aromatic carbocycles. The molecule has 2 aliphatic rings. The van der Waals surface area contributed by atoms with Crippen LogP contribution < -0.4 is 10.2 Å². The van der Waals surface area contributed by atoms with Gasteiger partial charge in [-0.25, -0.2) is 9.59 Å². The van der Waals surface area contributed by atoms with Gasteiger partial charge in [-0.15, -0.1) is 0 Å². The summed E-state index contributed by atoms with van der Waals surface area (Å²) >= 11 is 0. The first kappa shape index (κ1) is 30.4. The van der Waals surface area contributed by atoms with E-state index in [1.807, 2.05) is 0 Å². The van der Waals surface area contributed by atoms with E-state index in [4.69, 9.17) is 30.6 Å². The van der Waals surface area contributed by atoms with Crippen LogP contribution in [-0.2, 0) is 19.1 Å². The number of cyclic esters (lactones) is 2. The molecule has 14 nitrogen and oxygen atoms in total. The summed E-state index contributed by atoms with van der Waals surface area (Å²) in [7, 11) is 0. The van der Waals surface area contributed by atoms with Gasteiger partial charge in [-0.1, -0.05) is 0 Å². The van der Waals surface area contributed by atoms with Gasteiger partial charge in [0, 0.05) is 11.5 Å². The first-order valence-electron chi connectivity index (χ1n) is 6.35. The third kappa shape index (κ3) is 6.95. The number of hydrogen-bond acceptors (Lipinski definition) is 12. The minimum Gasteiger partial charge on any atom is -0.865 e. The molecule has 0 bridgehead atoms. The Morgan fingerprint density at radius 2 is 1.07 bits per heavy atom. The SMILES string of the molecule is O.O.O=C1OC(C(O)CO)C(O)=C1[O-].O=C1OC(C(O)CO)C(O)=C1[O-].[Ca+2]. The molecule has 15 heteroatoms. The zero-order valence-electron chi connectivity index (χ0n) is 13.6. The van der Waals surface area contributed by atoms with E-state index in [1.165, 1.54) is 0 Å². The van der Waals surface area contributed by atoms with E-state index in [9.17, 15) is 19.8 Å². The maximum absolute atomic E-state index is 10.6. The second kappa shape index (κ2) is 12.9. The van der Waals surface area contributed by atoms with Gasteiger partial charge in [0.2, 0.25) is 0 Å². The summed E-state index contributed by atoms with van der Waals surface area (Å²) in [6.07, 6.45) is -5.76. The van der Waals surface area contributed by atoms with Crippen LogP contribution in [0.5, 0.6) is 0 Å². The smallest absolute Gasteiger partial charge is 0.865 e. The molecular weight excluding hydrogens is 408 g/mol. The summed E-state index contributed by atoms with van der Waals surface area (Å²) in [4.78, 5) is 20.9. The molecular formula is C12H18CaO14. The Morgan fingerprint density at radius 3 is 1.22 bits per heavy atom. The normalized spacial score (nSPS) is 23.0. The van der Waals surface area contributed by atoms with Crippen molar-refractivity contribution >= 4 is 49.7 Å². The molecule has 27 heavy (non-hydrogen) atoms. The van der Waals surface area contributed by atoms with Crippen LogP contribution in [0, 0.1) is 0 Å².